The van der Waals surface area contributed by atoms with E-state index in [-0.39, 0.29) is 0 Å². The molecule has 12 heavy (non-hydrogen) atoms. The molecule has 0 aliphatic carbocycles. The van der Waals surface area contributed by atoms with Crippen LogP contribution in [0.5, 0.6) is 0 Å². The van der Waals surface area contributed by atoms with Gasteiger partial charge in [-0.15, -0.1) is 0 Å². The predicted octanol–water partition coefficient (Wildman–Crippen LogP) is 3.18. The third-order valence-electron chi connectivity index (χ3n) is 1.69. The molecule has 0 amide bonds. The first-order chi connectivity index (χ1) is 5.61. The van der Waals surface area contributed by atoms with E-state index in [4.69, 9.17) is 0 Å². The summed E-state index contributed by atoms with van der Waals surface area (Å²) in [6, 6.07) is 0. The topological polar surface area (TPSA) is 28.7 Å². The number of nitrogens with zero attached hydrogens (tertiary/aromatic N) is 1. The number of nitrogens with one attached hydrogen (secondary N) is 1. The van der Waals surface area contributed by atoms with E-state index in [0.717, 1.165) is 11.5 Å². The lowest BCUT2D eigenvalue weighted by Gasteiger charge is -1.96. The number of aryl methyl sites for hydroxylation is 2. The molecule has 1 heterocycles. The van der Waals surface area contributed by atoms with Gasteiger partial charge in [0.1, 0.15) is 5.82 Å². The Hall–Kier alpha value is -0.790. The standard InChI is InChI=1S/C8H14N2.C2H6/c1-5(2)8-9-6(3)7(4)10-8;1-2/h5H,1-4H3,(H,9,10);1-2H3. The maximum atomic E-state index is 4.35. The van der Waals surface area contributed by atoms with Crippen molar-refractivity contribution in [2.75, 3.05) is 0 Å². The normalized spacial score (nSPS) is 9.58. The zero-order valence-electron chi connectivity index (χ0n) is 9.02. The SMILES string of the molecule is CC.Cc1nc(C(C)C)[nH]c1C. The van der Waals surface area contributed by atoms with Crippen molar-refractivity contribution < 1.29 is 0 Å². The van der Waals surface area contributed by atoms with E-state index < -0.39 is 0 Å². The number of H-pyrrole nitrogens is 1. The van der Waals surface area contributed by atoms with E-state index in [1.54, 1.807) is 0 Å². The summed E-state index contributed by atoms with van der Waals surface area (Å²) in [4.78, 5) is 7.59. The molecule has 0 aromatic carbocycles. The van der Waals surface area contributed by atoms with Crippen LogP contribution in [0.4, 0.5) is 0 Å². The molecule has 0 bridgehead atoms. The Kier molecular flexibility index (Phi) is 4.64. The minimum atomic E-state index is 0.507. The average molecular weight is 168 g/mol. The van der Waals surface area contributed by atoms with Crippen molar-refractivity contribution in [3.63, 3.8) is 0 Å². The molecule has 1 aromatic rings. The van der Waals surface area contributed by atoms with Crippen LogP contribution in [0.3, 0.4) is 0 Å². The molecule has 0 fully saturated rings. The quantitative estimate of drug-likeness (QED) is 0.685. The van der Waals surface area contributed by atoms with Crippen molar-refractivity contribution in [1.29, 1.82) is 0 Å². The molecule has 0 saturated heterocycles. The van der Waals surface area contributed by atoms with Crippen LogP contribution in [0.2, 0.25) is 0 Å². The van der Waals surface area contributed by atoms with Gasteiger partial charge >= 0.3 is 0 Å². The summed E-state index contributed by atoms with van der Waals surface area (Å²) in [5.41, 5.74) is 2.30. The lowest BCUT2D eigenvalue weighted by atomic mass is 10.2. The third kappa shape index (κ3) is 2.68. The van der Waals surface area contributed by atoms with Crippen LogP contribution in [0.1, 0.15) is 50.8 Å². The summed E-state index contributed by atoms with van der Waals surface area (Å²) in [5, 5.41) is 0. The summed E-state index contributed by atoms with van der Waals surface area (Å²) >= 11 is 0. The minimum Gasteiger partial charge on any atom is -0.346 e. The van der Waals surface area contributed by atoms with Crippen LogP contribution in [-0.2, 0) is 0 Å². The molecule has 70 valence electrons. The van der Waals surface area contributed by atoms with E-state index in [9.17, 15) is 0 Å². The van der Waals surface area contributed by atoms with Crippen LogP contribution in [0, 0.1) is 13.8 Å². The Morgan fingerprint density at radius 2 is 1.67 bits per heavy atom. The predicted molar refractivity (Wildman–Crippen MR) is 53.5 cm³/mol. The highest BCUT2D eigenvalue weighted by Crippen LogP contribution is 2.11. The monoisotopic (exact) mass is 168 g/mol. The van der Waals surface area contributed by atoms with Gasteiger partial charge < -0.3 is 4.98 Å². The van der Waals surface area contributed by atoms with Crippen LogP contribution < -0.4 is 0 Å². The maximum absolute atomic E-state index is 4.35. The first-order valence-electron chi connectivity index (χ1n) is 4.64. The van der Waals surface area contributed by atoms with E-state index in [1.807, 2.05) is 27.7 Å². The second-order valence-corrected chi connectivity index (χ2v) is 2.99. The summed E-state index contributed by atoms with van der Waals surface area (Å²) in [5.74, 6) is 1.60. The molecule has 0 spiro atoms. The fourth-order valence-electron chi connectivity index (χ4n) is 0.848. The average Bonchev–Trinajstić information content (AvgIpc) is 2.36. The Morgan fingerprint density at radius 3 is 1.83 bits per heavy atom. The van der Waals surface area contributed by atoms with Crippen molar-refractivity contribution in [3.05, 3.63) is 17.2 Å². The Morgan fingerprint density at radius 1 is 1.17 bits per heavy atom. The number of rotatable bonds is 1. The highest BCUT2D eigenvalue weighted by atomic mass is 14.9. The van der Waals surface area contributed by atoms with Gasteiger partial charge in [-0.2, -0.15) is 0 Å². The Bertz CT molecular complexity index is 204. The number of hydrogen-bond acceptors (Lipinski definition) is 1. The molecule has 0 unspecified atom stereocenters. The van der Waals surface area contributed by atoms with Crippen LogP contribution in [0.15, 0.2) is 0 Å². The van der Waals surface area contributed by atoms with E-state index in [1.165, 1.54) is 5.69 Å². The van der Waals surface area contributed by atoms with Gasteiger partial charge in [0.05, 0.1) is 5.69 Å². The van der Waals surface area contributed by atoms with Gasteiger partial charge in [-0.1, -0.05) is 27.7 Å². The fourth-order valence-corrected chi connectivity index (χ4v) is 0.848. The zero-order chi connectivity index (χ0) is 9.72. The zero-order valence-corrected chi connectivity index (χ0v) is 9.02. The molecular weight excluding hydrogens is 148 g/mol. The number of imidazole rings is 1. The molecule has 0 aliphatic rings. The first-order valence-corrected chi connectivity index (χ1v) is 4.64. The molecule has 2 nitrogen and oxygen atoms in total. The summed E-state index contributed by atoms with van der Waals surface area (Å²) in [7, 11) is 0. The molecule has 2 heteroatoms. The second-order valence-electron chi connectivity index (χ2n) is 2.99. The van der Waals surface area contributed by atoms with Crippen molar-refractivity contribution in [1.82, 2.24) is 9.97 Å². The van der Waals surface area contributed by atoms with Gasteiger partial charge in [-0.25, -0.2) is 4.98 Å². The van der Waals surface area contributed by atoms with Crippen molar-refractivity contribution in [3.8, 4) is 0 Å². The fraction of sp³-hybridized carbons (Fsp3) is 0.700. The van der Waals surface area contributed by atoms with Crippen LogP contribution in [-0.4, -0.2) is 9.97 Å². The highest BCUT2D eigenvalue weighted by molar-refractivity contribution is 5.12. The summed E-state index contributed by atoms with van der Waals surface area (Å²) < 4.78 is 0. The van der Waals surface area contributed by atoms with Gasteiger partial charge in [0.2, 0.25) is 0 Å². The molecule has 0 aliphatic heterocycles. The van der Waals surface area contributed by atoms with E-state index >= 15 is 0 Å². The van der Waals surface area contributed by atoms with E-state index in [0.29, 0.717) is 5.92 Å². The number of hydrogen-bond donors (Lipinski definition) is 1. The number of aromatic nitrogens is 2. The van der Waals surface area contributed by atoms with Gasteiger partial charge in [0, 0.05) is 11.6 Å². The largest absolute Gasteiger partial charge is 0.346 e. The smallest absolute Gasteiger partial charge is 0.109 e. The summed E-state index contributed by atoms with van der Waals surface area (Å²) in [6.45, 7) is 12.3. The van der Waals surface area contributed by atoms with Gasteiger partial charge in [-0.05, 0) is 13.8 Å². The molecule has 1 rings (SSSR count). The van der Waals surface area contributed by atoms with Gasteiger partial charge in [0.15, 0.2) is 0 Å². The molecule has 0 atom stereocenters. The lowest BCUT2D eigenvalue weighted by molar-refractivity contribution is 0.790. The van der Waals surface area contributed by atoms with Gasteiger partial charge in [-0.3, -0.25) is 0 Å². The van der Waals surface area contributed by atoms with Crippen LogP contribution >= 0.6 is 0 Å². The molecular formula is C10H20N2. The lowest BCUT2D eigenvalue weighted by Crippen LogP contribution is -1.89. The first kappa shape index (κ1) is 11.2. The number of aromatic amines is 1. The van der Waals surface area contributed by atoms with Gasteiger partial charge in [0.25, 0.3) is 0 Å². The van der Waals surface area contributed by atoms with Crippen molar-refractivity contribution >= 4 is 0 Å². The Balaban J connectivity index is 0.000000561. The molecule has 0 saturated carbocycles. The van der Waals surface area contributed by atoms with E-state index in [2.05, 4.69) is 23.8 Å². The highest BCUT2D eigenvalue weighted by Gasteiger charge is 2.04. The van der Waals surface area contributed by atoms with Crippen molar-refractivity contribution in [2.45, 2.75) is 47.5 Å². The molecule has 1 N–H and O–H groups in total. The van der Waals surface area contributed by atoms with Crippen LogP contribution in [0.25, 0.3) is 0 Å². The minimum absolute atomic E-state index is 0.507. The maximum Gasteiger partial charge on any atom is 0.109 e. The third-order valence-corrected chi connectivity index (χ3v) is 1.69. The summed E-state index contributed by atoms with van der Waals surface area (Å²) in [6.07, 6.45) is 0. The molecule has 1 aromatic heterocycles. The second kappa shape index (κ2) is 4.96. The molecule has 0 radical (unpaired) electrons. The Labute approximate surface area is 75.4 Å². The van der Waals surface area contributed by atoms with Crippen molar-refractivity contribution in [2.24, 2.45) is 0 Å².